The molecule has 0 atom stereocenters. The maximum atomic E-state index is 6.01. The van der Waals surface area contributed by atoms with Crippen molar-refractivity contribution < 1.29 is 4.74 Å². The minimum Gasteiger partial charge on any atom is -0.490 e. The Kier molecular flexibility index (Phi) is 3.34. The average Bonchev–Trinajstić information content (AvgIpc) is 2.25. The van der Waals surface area contributed by atoms with Gasteiger partial charge >= 0.3 is 0 Å². The lowest BCUT2D eigenvalue weighted by Gasteiger charge is -2.29. The van der Waals surface area contributed by atoms with Gasteiger partial charge < -0.3 is 15.4 Å². The lowest BCUT2D eigenvalue weighted by atomic mass is 10.1. The third kappa shape index (κ3) is 2.67. The van der Waals surface area contributed by atoms with Crippen molar-refractivity contribution in [2.45, 2.75) is 25.9 Å². The molecule has 2 N–H and O–H groups in total. The lowest BCUT2D eigenvalue weighted by molar-refractivity contribution is 0.113. The first-order chi connectivity index (χ1) is 7.65. The Hall–Kier alpha value is -1.22. The summed E-state index contributed by atoms with van der Waals surface area (Å²) in [5.74, 6) is 0.976. The summed E-state index contributed by atoms with van der Waals surface area (Å²) in [6.45, 7) is 4.29. The SMILES string of the molecule is Cc1cc(N)ccc1OC1CCN(C)CC1. The number of piperidine rings is 1. The fourth-order valence-electron chi connectivity index (χ4n) is 2.09. The number of ether oxygens (including phenoxy) is 1. The molecule has 1 aromatic rings. The Morgan fingerprint density at radius 3 is 2.62 bits per heavy atom. The molecule has 1 aromatic carbocycles. The first-order valence-electron chi connectivity index (χ1n) is 5.86. The van der Waals surface area contributed by atoms with Crippen molar-refractivity contribution in [1.82, 2.24) is 4.90 Å². The molecular weight excluding hydrogens is 200 g/mol. The van der Waals surface area contributed by atoms with Crippen LogP contribution >= 0.6 is 0 Å². The molecule has 0 amide bonds. The zero-order valence-electron chi connectivity index (χ0n) is 10.1. The van der Waals surface area contributed by atoms with Gasteiger partial charge in [0.2, 0.25) is 0 Å². The second-order valence-corrected chi connectivity index (χ2v) is 4.65. The molecule has 0 saturated carbocycles. The molecule has 1 aliphatic rings. The maximum absolute atomic E-state index is 6.01. The van der Waals surface area contributed by atoms with Crippen LogP contribution in [-0.2, 0) is 0 Å². The van der Waals surface area contributed by atoms with E-state index < -0.39 is 0 Å². The van der Waals surface area contributed by atoms with Gasteiger partial charge in [-0.3, -0.25) is 0 Å². The number of nitrogens with zero attached hydrogens (tertiary/aromatic N) is 1. The van der Waals surface area contributed by atoms with Crippen LogP contribution in [0.4, 0.5) is 5.69 Å². The number of anilines is 1. The fourth-order valence-corrected chi connectivity index (χ4v) is 2.09. The van der Waals surface area contributed by atoms with Gasteiger partial charge in [-0.15, -0.1) is 0 Å². The van der Waals surface area contributed by atoms with Crippen molar-refractivity contribution in [1.29, 1.82) is 0 Å². The highest BCUT2D eigenvalue weighted by molar-refractivity contribution is 5.47. The van der Waals surface area contributed by atoms with Gasteiger partial charge in [-0.25, -0.2) is 0 Å². The summed E-state index contributed by atoms with van der Waals surface area (Å²) in [6.07, 6.45) is 2.58. The zero-order chi connectivity index (χ0) is 11.5. The highest BCUT2D eigenvalue weighted by atomic mass is 16.5. The summed E-state index contributed by atoms with van der Waals surface area (Å²) in [7, 11) is 2.16. The summed E-state index contributed by atoms with van der Waals surface area (Å²) < 4.78 is 6.01. The highest BCUT2D eigenvalue weighted by Gasteiger charge is 2.18. The van der Waals surface area contributed by atoms with Crippen molar-refractivity contribution in [2.75, 3.05) is 25.9 Å². The number of benzene rings is 1. The molecule has 0 radical (unpaired) electrons. The molecule has 0 spiro atoms. The smallest absolute Gasteiger partial charge is 0.122 e. The molecule has 1 fully saturated rings. The predicted molar refractivity (Wildman–Crippen MR) is 66.7 cm³/mol. The van der Waals surface area contributed by atoms with Crippen LogP contribution in [0, 0.1) is 6.92 Å². The quantitative estimate of drug-likeness (QED) is 0.775. The van der Waals surface area contributed by atoms with Crippen LogP contribution in [0.3, 0.4) is 0 Å². The minimum atomic E-state index is 0.360. The summed E-state index contributed by atoms with van der Waals surface area (Å²) in [5, 5.41) is 0. The number of hydrogen-bond acceptors (Lipinski definition) is 3. The number of likely N-dealkylation sites (tertiary alicyclic amines) is 1. The molecular formula is C13H20N2O. The van der Waals surface area contributed by atoms with Crippen LogP contribution in [0.2, 0.25) is 0 Å². The summed E-state index contributed by atoms with van der Waals surface area (Å²) in [6, 6.07) is 5.84. The molecule has 1 saturated heterocycles. The van der Waals surface area contributed by atoms with E-state index in [1.165, 1.54) is 0 Å². The maximum Gasteiger partial charge on any atom is 0.122 e. The Balaban J connectivity index is 1.98. The monoisotopic (exact) mass is 220 g/mol. The zero-order valence-corrected chi connectivity index (χ0v) is 10.1. The van der Waals surface area contributed by atoms with Crippen LogP contribution in [0.5, 0.6) is 5.75 Å². The minimum absolute atomic E-state index is 0.360. The molecule has 1 aliphatic heterocycles. The summed E-state index contributed by atoms with van der Waals surface area (Å²) in [5.41, 5.74) is 7.64. The van der Waals surface area contributed by atoms with E-state index in [2.05, 4.69) is 11.9 Å². The van der Waals surface area contributed by atoms with E-state index in [1.807, 2.05) is 25.1 Å². The molecule has 0 unspecified atom stereocenters. The van der Waals surface area contributed by atoms with Gasteiger partial charge in [0.1, 0.15) is 11.9 Å². The van der Waals surface area contributed by atoms with Gasteiger partial charge in [0.05, 0.1) is 0 Å². The second-order valence-electron chi connectivity index (χ2n) is 4.65. The van der Waals surface area contributed by atoms with Crippen LogP contribution in [0.15, 0.2) is 18.2 Å². The van der Waals surface area contributed by atoms with Crippen LogP contribution in [-0.4, -0.2) is 31.1 Å². The fraction of sp³-hybridized carbons (Fsp3) is 0.538. The Bertz CT molecular complexity index is 357. The number of rotatable bonds is 2. The van der Waals surface area contributed by atoms with E-state index >= 15 is 0 Å². The molecule has 16 heavy (non-hydrogen) atoms. The third-order valence-electron chi connectivity index (χ3n) is 3.16. The first kappa shape index (κ1) is 11.3. The van der Waals surface area contributed by atoms with Crippen LogP contribution in [0.25, 0.3) is 0 Å². The van der Waals surface area contributed by atoms with Crippen LogP contribution < -0.4 is 10.5 Å². The number of nitrogen functional groups attached to an aromatic ring is 1. The Morgan fingerprint density at radius 2 is 2.00 bits per heavy atom. The van der Waals surface area contributed by atoms with Crippen molar-refractivity contribution in [2.24, 2.45) is 0 Å². The largest absolute Gasteiger partial charge is 0.490 e. The van der Waals surface area contributed by atoms with Gasteiger partial charge in [0.15, 0.2) is 0 Å². The van der Waals surface area contributed by atoms with E-state index in [1.54, 1.807) is 0 Å². The topological polar surface area (TPSA) is 38.5 Å². The van der Waals surface area contributed by atoms with Gasteiger partial charge in [0, 0.05) is 18.8 Å². The molecule has 0 aromatic heterocycles. The summed E-state index contributed by atoms with van der Waals surface area (Å²) in [4.78, 5) is 2.34. The van der Waals surface area contributed by atoms with E-state index in [0.717, 1.165) is 42.9 Å². The van der Waals surface area contributed by atoms with Crippen molar-refractivity contribution in [3.8, 4) is 5.75 Å². The molecule has 3 heteroatoms. The number of hydrogen-bond donors (Lipinski definition) is 1. The van der Waals surface area contributed by atoms with Crippen LogP contribution in [0.1, 0.15) is 18.4 Å². The van der Waals surface area contributed by atoms with Gasteiger partial charge in [-0.2, -0.15) is 0 Å². The van der Waals surface area contributed by atoms with E-state index in [4.69, 9.17) is 10.5 Å². The predicted octanol–water partition coefficient (Wildman–Crippen LogP) is 2.05. The average molecular weight is 220 g/mol. The molecule has 1 heterocycles. The second kappa shape index (κ2) is 4.74. The summed E-state index contributed by atoms with van der Waals surface area (Å²) >= 11 is 0. The molecule has 0 bridgehead atoms. The Morgan fingerprint density at radius 1 is 1.31 bits per heavy atom. The van der Waals surface area contributed by atoms with Crippen molar-refractivity contribution >= 4 is 5.69 Å². The van der Waals surface area contributed by atoms with E-state index in [9.17, 15) is 0 Å². The van der Waals surface area contributed by atoms with Crippen molar-refractivity contribution in [3.63, 3.8) is 0 Å². The Labute approximate surface area is 97.2 Å². The number of nitrogens with two attached hydrogens (primary N) is 1. The molecule has 2 rings (SSSR count). The van der Waals surface area contributed by atoms with Crippen molar-refractivity contribution in [3.05, 3.63) is 23.8 Å². The molecule has 0 aliphatic carbocycles. The normalized spacial score (nSPS) is 18.6. The highest BCUT2D eigenvalue weighted by Crippen LogP contribution is 2.24. The molecule has 3 nitrogen and oxygen atoms in total. The van der Waals surface area contributed by atoms with E-state index in [0.29, 0.717) is 6.10 Å². The lowest BCUT2D eigenvalue weighted by Crippen LogP contribution is -2.35. The van der Waals surface area contributed by atoms with Gasteiger partial charge in [0.25, 0.3) is 0 Å². The first-order valence-corrected chi connectivity index (χ1v) is 5.86. The third-order valence-corrected chi connectivity index (χ3v) is 3.16. The number of aryl methyl sites for hydroxylation is 1. The molecule has 88 valence electrons. The van der Waals surface area contributed by atoms with E-state index in [-0.39, 0.29) is 0 Å². The standard InChI is InChI=1S/C13H20N2O/c1-10-9-11(14)3-4-13(10)16-12-5-7-15(2)8-6-12/h3-4,9,12H,5-8,14H2,1-2H3. The van der Waals surface area contributed by atoms with Gasteiger partial charge in [-0.1, -0.05) is 0 Å². The van der Waals surface area contributed by atoms with Gasteiger partial charge in [-0.05, 0) is 50.6 Å².